The summed E-state index contributed by atoms with van der Waals surface area (Å²) in [5.74, 6) is 0. The van der Waals surface area contributed by atoms with E-state index in [9.17, 15) is 0 Å². The number of unbranched alkanes of at least 4 members (excludes halogenated alkanes) is 10. The van der Waals surface area contributed by atoms with Gasteiger partial charge in [-0.15, -0.1) is 0 Å². The fraction of sp³-hybridized carbons (Fsp3) is 0.500. The van der Waals surface area contributed by atoms with Gasteiger partial charge >= 0.3 is 0 Å². The Labute approximate surface area is 341 Å². The first kappa shape index (κ1) is 40.6. The van der Waals surface area contributed by atoms with E-state index in [1.165, 1.54) is 145 Å². The highest BCUT2D eigenvalue weighted by molar-refractivity contribution is 6.10. The molecular formula is C56H72. The van der Waals surface area contributed by atoms with Gasteiger partial charge in [-0.3, -0.25) is 0 Å². The van der Waals surface area contributed by atoms with Crippen LogP contribution in [0.4, 0.5) is 0 Å². The van der Waals surface area contributed by atoms with E-state index in [2.05, 4.69) is 154 Å². The monoisotopic (exact) mass is 745 g/mol. The number of hydrogen-bond donors (Lipinski definition) is 0. The van der Waals surface area contributed by atoms with Gasteiger partial charge in [0.25, 0.3) is 0 Å². The van der Waals surface area contributed by atoms with Crippen molar-refractivity contribution < 1.29 is 0 Å². The van der Waals surface area contributed by atoms with Crippen LogP contribution in [0.5, 0.6) is 0 Å². The van der Waals surface area contributed by atoms with Crippen LogP contribution >= 0.6 is 0 Å². The number of aryl methyl sites for hydroxylation is 2. The van der Waals surface area contributed by atoms with Crippen LogP contribution in [0, 0.1) is 13.8 Å². The Hall–Kier alpha value is -3.64. The zero-order valence-electron chi connectivity index (χ0n) is 37.0. The Morgan fingerprint density at radius 2 is 0.875 bits per heavy atom. The van der Waals surface area contributed by atoms with Crippen LogP contribution in [0.1, 0.15) is 201 Å². The van der Waals surface area contributed by atoms with Crippen molar-refractivity contribution in [1.82, 2.24) is 0 Å². The van der Waals surface area contributed by atoms with Crippen molar-refractivity contribution in [3.8, 4) is 11.1 Å². The van der Waals surface area contributed by atoms with Gasteiger partial charge in [0.15, 0.2) is 0 Å². The minimum absolute atomic E-state index is 0.0412. The topological polar surface area (TPSA) is 0 Å². The quantitative estimate of drug-likeness (QED) is 0.0866. The van der Waals surface area contributed by atoms with Crippen LogP contribution in [0.25, 0.3) is 21.9 Å². The molecule has 7 rings (SSSR count). The van der Waals surface area contributed by atoms with Gasteiger partial charge in [0.05, 0.1) is 5.41 Å². The van der Waals surface area contributed by atoms with Crippen LogP contribution in [0.3, 0.4) is 0 Å². The summed E-state index contributed by atoms with van der Waals surface area (Å²) < 4.78 is 0. The lowest BCUT2D eigenvalue weighted by Gasteiger charge is -2.43. The van der Waals surface area contributed by atoms with Gasteiger partial charge in [0, 0.05) is 5.41 Å². The molecule has 0 N–H and O–H groups in total. The molecular weight excluding hydrogens is 673 g/mol. The smallest absolute Gasteiger partial charge is 0.0654 e. The fourth-order valence-corrected chi connectivity index (χ4v) is 10.9. The van der Waals surface area contributed by atoms with Crippen LogP contribution in [-0.4, -0.2) is 0 Å². The number of benzene rings is 5. The Morgan fingerprint density at radius 3 is 1.38 bits per heavy atom. The van der Waals surface area contributed by atoms with Crippen LogP contribution < -0.4 is 0 Å². The maximum absolute atomic E-state index is 2.65. The van der Waals surface area contributed by atoms with E-state index in [4.69, 9.17) is 0 Å². The normalized spacial score (nSPS) is 15.2. The third kappa shape index (κ3) is 7.11. The van der Waals surface area contributed by atoms with E-state index < -0.39 is 5.41 Å². The van der Waals surface area contributed by atoms with Crippen molar-refractivity contribution in [3.63, 3.8) is 0 Å². The molecule has 0 radical (unpaired) electrons. The van der Waals surface area contributed by atoms with E-state index >= 15 is 0 Å². The summed E-state index contributed by atoms with van der Waals surface area (Å²) in [4.78, 5) is 0. The lowest BCUT2D eigenvalue weighted by Crippen LogP contribution is -2.34. The highest BCUT2D eigenvalue weighted by atomic mass is 14.5. The summed E-state index contributed by atoms with van der Waals surface area (Å²) in [6, 6.07) is 35.1. The average molecular weight is 745 g/mol. The zero-order chi connectivity index (χ0) is 39.9. The SMILES string of the molecule is CCCCCCCCC1(CCCCCCCC)c2cc(C)cc3c2-c2c1ccc1cc(C)cc(c21)C3(c1ccc(C(C)(C)C)cc1)c1ccc(C(C)(C)C)cc1. The van der Waals surface area contributed by atoms with Crippen molar-refractivity contribution in [3.05, 3.63) is 141 Å². The van der Waals surface area contributed by atoms with Gasteiger partial charge in [-0.25, -0.2) is 0 Å². The number of rotatable bonds is 16. The molecule has 0 spiro atoms. The van der Waals surface area contributed by atoms with Gasteiger partial charge in [-0.2, -0.15) is 0 Å². The maximum Gasteiger partial charge on any atom is 0.0714 e. The predicted octanol–water partition coefficient (Wildman–Crippen LogP) is 16.5. The van der Waals surface area contributed by atoms with Gasteiger partial charge < -0.3 is 0 Å². The summed E-state index contributed by atoms with van der Waals surface area (Å²) in [7, 11) is 0. The molecule has 0 aromatic heterocycles. The van der Waals surface area contributed by atoms with E-state index in [0.29, 0.717) is 0 Å². The molecule has 0 fully saturated rings. The van der Waals surface area contributed by atoms with E-state index in [-0.39, 0.29) is 16.2 Å². The summed E-state index contributed by atoms with van der Waals surface area (Å²) in [6.45, 7) is 23.4. The Bertz CT molecular complexity index is 2070. The molecule has 0 aliphatic heterocycles. The Kier molecular flexibility index (Phi) is 11.6. The number of hydrogen-bond acceptors (Lipinski definition) is 0. The van der Waals surface area contributed by atoms with E-state index in [0.717, 1.165) is 0 Å². The third-order valence-electron chi connectivity index (χ3n) is 13.9. The second-order valence-corrected chi connectivity index (χ2v) is 20.2. The molecule has 0 heteroatoms. The van der Waals surface area contributed by atoms with Gasteiger partial charge in [0.1, 0.15) is 0 Å². The molecule has 5 aromatic rings. The van der Waals surface area contributed by atoms with Gasteiger partial charge in [0.2, 0.25) is 0 Å². The molecule has 56 heavy (non-hydrogen) atoms. The van der Waals surface area contributed by atoms with Crippen LogP contribution in [0.15, 0.2) is 84.9 Å². The molecule has 0 atom stereocenters. The van der Waals surface area contributed by atoms with Gasteiger partial charge in [-0.05, 0) is 104 Å². The van der Waals surface area contributed by atoms with E-state index in [1.54, 1.807) is 22.3 Å². The molecule has 2 aliphatic carbocycles. The highest BCUT2D eigenvalue weighted by Gasteiger charge is 2.52. The van der Waals surface area contributed by atoms with E-state index in [1.807, 2.05) is 0 Å². The molecule has 5 aromatic carbocycles. The molecule has 0 nitrogen and oxygen atoms in total. The van der Waals surface area contributed by atoms with Crippen molar-refractivity contribution in [2.45, 2.75) is 181 Å². The zero-order valence-corrected chi connectivity index (χ0v) is 37.0. The molecule has 0 heterocycles. The predicted molar refractivity (Wildman–Crippen MR) is 245 cm³/mol. The largest absolute Gasteiger partial charge is 0.0714 e. The second-order valence-electron chi connectivity index (χ2n) is 20.2. The molecule has 0 bridgehead atoms. The molecule has 2 aliphatic rings. The molecule has 0 saturated carbocycles. The van der Waals surface area contributed by atoms with Crippen molar-refractivity contribution in [2.75, 3.05) is 0 Å². The van der Waals surface area contributed by atoms with Crippen molar-refractivity contribution in [1.29, 1.82) is 0 Å². The van der Waals surface area contributed by atoms with Crippen molar-refractivity contribution in [2.24, 2.45) is 0 Å². The molecule has 0 unspecified atom stereocenters. The molecule has 296 valence electrons. The summed E-state index contributed by atoms with van der Waals surface area (Å²) >= 11 is 0. The maximum atomic E-state index is 2.65. The summed E-state index contributed by atoms with van der Waals surface area (Å²) in [5.41, 5.74) is 17.4. The summed E-state index contributed by atoms with van der Waals surface area (Å²) in [6.07, 6.45) is 18.6. The van der Waals surface area contributed by atoms with Crippen LogP contribution in [-0.2, 0) is 21.7 Å². The first-order chi connectivity index (χ1) is 26.8. The minimum atomic E-state index is -0.449. The minimum Gasteiger partial charge on any atom is -0.0654 e. The molecule has 0 saturated heterocycles. The van der Waals surface area contributed by atoms with Gasteiger partial charge in [-0.1, -0.05) is 228 Å². The lowest BCUT2D eigenvalue weighted by atomic mass is 9.59. The standard InChI is InChI=1S/C56H72/c1-11-13-15-17-19-21-33-55(34-22-20-18-16-14-12-2)46-32-23-41-35-39(3)37-48-50(41)52(46)51-47(55)36-40(4)38-49(51)56(48,44-28-24-42(25-29-44)53(5,6)7)45-30-26-43(27-31-45)54(8,9)10/h23-32,35-38H,11-22,33-34H2,1-10H3. The first-order valence-corrected chi connectivity index (χ1v) is 22.7. The van der Waals surface area contributed by atoms with Crippen LogP contribution in [0.2, 0.25) is 0 Å². The fourth-order valence-electron chi connectivity index (χ4n) is 10.9. The highest BCUT2D eigenvalue weighted by Crippen LogP contribution is 2.65. The first-order valence-electron chi connectivity index (χ1n) is 22.7. The van der Waals surface area contributed by atoms with Crippen molar-refractivity contribution >= 4 is 10.8 Å². The second kappa shape index (κ2) is 16.0. The Balaban J connectivity index is 1.53. The average Bonchev–Trinajstić information content (AvgIpc) is 3.43. The lowest BCUT2D eigenvalue weighted by molar-refractivity contribution is 0.397. The third-order valence-corrected chi connectivity index (χ3v) is 13.9. The molecule has 0 amide bonds. The Morgan fingerprint density at radius 1 is 0.429 bits per heavy atom. The summed E-state index contributed by atoms with van der Waals surface area (Å²) in [5, 5.41) is 2.89.